The number of nitrogens with zero attached hydrogens (tertiary/aromatic N) is 1. The average molecular weight is 331 g/mol. The summed E-state index contributed by atoms with van der Waals surface area (Å²) in [6, 6.07) is 3.96. The molecule has 132 valence electrons. The molecule has 0 aliphatic heterocycles. The number of carboxylic acids is 1. The fraction of sp³-hybridized carbons (Fsp3) is 0.550. The lowest BCUT2D eigenvalue weighted by molar-refractivity contribution is 0.0698. The highest BCUT2D eigenvalue weighted by atomic mass is 16.4. The highest BCUT2D eigenvalue weighted by Crippen LogP contribution is 2.33. The van der Waals surface area contributed by atoms with Gasteiger partial charge in [-0.15, -0.1) is 0 Å². The van der Waals surface area contributed by atoms with Gasteiger partial charge in [0.05, 0.1) is 11.1 Å². The maximum absolute atomic E-state index is 11.9. The third-order valence-corrected chi connectivity index (χ3v) is 4.51. The van der Waals surface area contributed by atoms with E-state index in [4.69, 9.17) is 0 Å². The lowest BCUT2D eigenvalue weighted by atomic mass is 9.84. The van der Waals surface area contributed by atoms with Crippen LogP contribution in [0.15, 0.2) is 18.3 Å². The Morgan fingerprint density at radius 1 is 1.21 bits per heavy atom. The highest BCUT2D eigenvalue weighted by Gasteiger charge is 2.22. The molecule has 1 aromatic carbocycles. The second-order valence-corrected chi connectivity index (χ2v) is 7.50. The van der Waals surface area contributed by atoms with Gasteiger partial charge >= 0.3 is 5.97 Å². The van der Waals surface area contributed by atoms with E-state index >= 15 is 0 Å². The zero-order chi connectivity index (χ0) is 17.9. The molecule has 0 radical (unpaired) electrons. The van der Waals surface area contributed by atoms with Crippen molar-refractivity contribution in [3.05, 3.63) is 35.0 Å². The summed E-state index contributed by atoms with van der Waals surface area (Å²) in [5.41, 5.74) is 3.24. The number of carboxylic acid groups (broad SMARTS) is 1. The van der Waals surface area contributed by atoms with Crippen molar-refractivity contribution in [2.75, 3.05) is 6.61 Å². The van der Waals surface area contributed by atoms with Crippen molar-refractivity contribution in [2.24, 2.45) is 0 Å². The number of rotatable bonds is 7. The standard InChI is InChI=1S/C20H29NO3/c1-5-6-9-21-13-14(8-7-10-22)16-11-15(20(2,3)4)12-17(18(16)21)19(23)24/h11-13,22H,5-10H2,1-4H3,(H,23,24). The third kappa shape index (κ3) is 3.81. The summed E-state index contributed by atoms with van der Waals surface area (Å²) in [4.78, 5) is 11.9. The van der Waals surface area contributed by atoms with Crippen molar-refractivity contribution >= 4 is 16.9 Å². The van der Waals surface area contributed by atoms with Crippen LogP contribution in [0, 0.1) is 0 Å². The smallest absolute Gasteiger partial charge is 0.337 e. The Balaban J connectivity index is 2.72. The number of unbranched alkanes of at least 4 members (excludes halogenated alkanes) is 1. The normalized spacial score (nSPS) is 12.0. The van der Waals surface area contributed by atoms with Crippen molar-refractivity contribution in [3.8, 4) is 0 Å². The molecule has 1 aromatic heterocycles. The van der Waals surface area contributed by atoms with Gasteiger partial charge in [-0.1, -0.05) is 34.1 Å². The maximum Gasteiger partial charge on any atom is 0.337 e. The monoisotopic (exact) mass is 331 g/mol. The van der Waals surface area contributed by atoms with Gasteiger partial charge in [0.1, 0.15) is 0 Å². The maximum atomic E-state index is 11.9. The second kappa shape index (κ2) is 7.39. The summed E-state index contributed by atoms with van der Waals surface area (Å²) in [6.45, 7) is 9.39. The van der Waals surface area contributed by atoms with Gasteiger partial charge in [0.15, 0.2) is 0 Å². The lowest BCUT2D eigenvalue weighted by Gasteiger charge is -2.20. The molecule has 0 fully saturated rings. The molecule has 0 amide bonds. The number of benzene rings is 1. The highest BCUT2D eigenvalue weighted by molar-refractivity contribution is 6.04. The Morgan fingerprint density at radius 3 is 2.46 bits per heavy atom. The van der Waals surface area contributed by atoms with E-state index in [0.717, 1.165) is 47.8 Å². The van der Waals surface area contributed by atoms with Crippen LogP contribution in [0.1, 0.15) is 68.4 Å². The molecule has 2 rings (SSSR count). The summed E-state index contributed by atoms with van der Waals surface area (Å²) < 4.78 is 2.08. The van der Waals surface area contributed by atoms with E-state index in [2.05, 4.69) is 44.5 Å². The van der Waals surface area contributed by atoms with Gasteiger partial charge in [-0.2, -0.15) is 0 Å². The molecule has 0 spiro atoms. The first-order chi connectivity index (χ1) is 11.3. The largest absolute Gasteiger partial charge is 0.478 e. The van der Waals surface area contributed by atoms with Gasteiger partial charge in [0.25, 0.3) is 0 Å². The van der Waals surface area contributed by atoms with Crippen molar-refractivity contribution in [1.82, 2.24) is 4.57 Å². The van der Waals surface area contributed by atoms with E-state index in [1.807, 2.05) is 6.07 Å². The molecule has 0 aliphatic rings. The van der Waals surface area contributed by atoms with Gasteiger partial charge in [-0.05, 0) is 47.9 Å². The van der Waals surface area contributed by atoms with E-state index in [1.165, 1.54) is 0 Å². The van der Waals surface area contributed by atoms with Crippen molar-refractivity contribution in [2.45, 2.75) is 65.3 Å². The zero-order valence-corrected chi connectivity index (χ0v) is 15.2. The lowest BCUT2D eigenvalue weighted by Crippen LogP contribution is -2.13. The molecule has 0 saturated heterocycles. The molecular formula is C20H29NO3. The number of aliphatic hydroxyl groups excluding tert-OH is 1. The molecule has 2 aromatic rings. The Hall–Kier alpha value is -1.81. The molecule has 2 N–H and O–H groups in total. The van der Waals surface area contributed by atoms with Crippen LogP contribution in [0.5, 0.6) is 0 Å². The quantitative estimate of drug-likeness (QED) is 0.792. The number of fused-ring (bicyclic) bond motifs is 1. The first-order valence-electron chi connectivity index (χ1n) is 8.80. The van der Waals surface area contributed by atoms with E-state index < -0.39 is 5.97 Å². The van der Waals surface area contributed by atoms with Crippen LogP contribution in [0.25, 0.3) is 10.9 Å². The van der Waals surface area contributed by atoms with Crippen molar-refractivity contribution < 1.29 is 15.0 Å². The predicted octanol–water partition coefficient (Wildman–Crippen LogP) is 4.36. The summed E-state index contributed by atoms with van der Waals surface area (Å²) in [6.07, 6.45) is 5.61. The number of carbonyl (C=O) groups is 1. The predicted molar refractivity (Wildman–Crippen MR) is 97.9 cm³/mol. The van der Waals surface area contributed by atoms with Crippen molar-refractivity contribution in [3.63, 3.8) is 0 Å². The first-order valence-corrected chi connectivity index (χ1v) is 8.80. The number of hydrogen-bond acceptors (Lipinski definition) is 2. The molecule has 0 bridgehead atoms. The van der Waals surface area contributed by atoms with Gasteiger partial charge in [-0.3, -0.25) is 0 Å². The molecule has 0 saturated carbocycles. The SMILES string of the molecule is CCCCn1cc(CCCO)c2cc(C(C)(C)C)cc(C(=O)O)c21. The van der Waals surface area contributed by atoms with Crippen molar-refractivity contribution in [1.29, 1.82) is 0 Å². The Morgan fingerprint density at radius 2 is 1.92 bits per heavy atom. The Bertz CT molecular complexity index is 723. The number of aliphatic hydroxyl groups is 1. The van der Waals surface area contributed by atoms with E-state index in [1.54, 1.807) is 0 Å². The summed E-state index contributed by atoms with van der Waals surface area (Å²) >= 11 is 0. The molecule has 0 atom stereocenters. The van der Waals surface area contributed by atoms with Crippen LogP contribution in [-0.2, 0) is 18.4 Å². The van der Waals surface area contributed by atoms with Gasteiger partial charge in [-0.25, -0.2) is 4.79 Å². The molecule has 1 heterocycles. The minimum Gasteiger partial charge on any atom is -0.478 e. The third-order valence-electron chi connectivity index (χ3n) is 4.51. The fourth-order valence-electron chi connectivity index (χ4n) is 3.08. The van der Waals surface area contributed by atoms with Crippen LogP contribution < -0.4 is 0 Å². The molecular weight excluding hydrogens is 302 g/mol. The van der Waals surface area contributed by atoms with Crippen LogP contribution >= 0.6 is 0 Å². The Labute approximate surface area is 144 Å². The van der Waals surface area contributed by atoms with E-state index in [-0.39, 0.29) is 12.0 Å². The van der Waals surface area contributed by atoms with E-state index in [0.29, 0.717) is 12.0 Å². The fourth-order valence-corrected chi connectivity index (χ4v) is 3.08. The molecule has 24 heavy (non-hydrogen) atoms. The van der Waals surface area contributed by atoms with Gasteiger partial charge in [0, 0.05) is 24.7 Å². The minimum absolute atomic E-state index is 0.113. The summed E-state index contributed by atoms with van der Waals surface area (Å²) in [5, 5.41) is 19.9. The molecule has 0 aliphatic carbocycles. The van der Waals surface area contributed by atoms with Crippen LogP contribution in [0.4, 0.5) is 0 Å². The van der Waals surface area contributed by atoms with Crippen LogP contribution in [0.3, 0.4) is 0 Å². The van der Waals surface area contributed by atoms with Crippen LogP contribution in [-0.4, -0.2) is 27.4 Å². The second-order valence-electron chi connectivity index (χ2n) is 7.50. The Kier molecular flexibility index (Phi) is 5.70. The van der Waals surface area contributed by atoms with Gasteiger partial charge < -0.3 is 14.8 Å². The summed E-state index contributed by atoms with van der Waals surface area (Å²) in [5.74, 6) is -0.879. The zero-order valence-electron chi connectivity index (χ0n) is 15.2. The summed E-state index contributed by atoms with van der Waals surface area (Å²) in [7, 11) is 0. The molecule has 0 unspecified atom stereocenters. The van der Waals surface area contributed by atoms with E-state index in [9.17, 15) is 15.0 Å². The topological polar surface area (TPSA) is 62.5 Å². The number of aryl methyl sites for hydroxylation is 2. The average Bonchev–Trinajstić information content (AvgIpc) is 2.87. The number of hydrogen-bond donors (Lipinski definition) is 2. The number of aromatic nitrogens is 1. The number of aromatic carboxylic acids is 1. The van der Waals surface area contributed by atoms with Gasteiger partial charge in [0.2, 0.25) is 0 Å². The minimum atomic E-state index is -0.879. The first kappa shape index (κ1) is 18.5. The molecule has 4 heteroatoms. The van der Waals surface area contributed by atoms with Crippen LogP contribution in [0.2, 0.25) is 0 Å². The molecule has 4 nitrogen and oxygen atoms in total.